The van der Waals surface area contributed by atoms with Crippen LogP contribution in [0.25, 0.3) is 0 Å². The molecule has 5 heteroatoms. The Hall–Kier alpha value is -1.07. The minimum Gasteiger partial charge on any atom is -0.365 e. The van der Waals surface area contributed by atoms with E-state index in [0.29, 0.717) is 16.7 Å². The van der Waals surface area contributed by atoms with Crippen LogP contribution in [0.1, 0.15) is 13.8 Å². The Bertz CT molecular complexity index is 625. The molecular weight excluding hydrogens is 272 g/mol. The van der Waals surface area contributed by atoms with Crippen molar-refractivity contribution in [3.8, 4) is 0 Å². The molecule has 1 aromatic rings. The maximum absolute atomic E-state index is 12.0. The van der Waals surface area contributed by atoms with Gasteiger partial charge in [-0.25, -0.2) is 8.42 Å². The molecule has 2 atom stereocenters. The van der Waals surface area contributed by atoms with Crippen LogP contribution in [0.4, 0.5) is 5.69 Å². The van der Waals surface area contributed by atoms with E-state index in [9.17, 15) is 8.42 Å². The van der Waals surface area contributed by atoms with Gasteiger partial charge in [0, 0.05) is 31.4 Å². The molecule has 0 radical (unpaired) electrons. The summed E-state index contributed by atoms with van der Waals surface area (Å²) in [6, 6.07) is 7.37. The van der Waals surface area contributed by atoms with E-state index < -0.39 is 9.84 Å². The highest BCUT2D eigenvalue weighted by Crippen LogP contribution is 2.44. The van der Waals surface area contributed by atoms with Crippen LogP contribution in [0.5, 0.6) is 0 Å². The maximum atomic E-state index is 12.0. The number of hydrogen-bond donors (Lipinski definition) is 1. The van der Waals surface area contributed by atoms with Gasteiger partial charge in [0.2, 0.25) is 0 Å². The van der Waals surface area contributed by atoms with E-state index in [4.69, 9.17) is 0 Å². The van der Waals surface area contributed by atoms with Gasteiger partial charge in [0.1, 0.15) is 0 Å². The highest BCUT2D eigenvalue weighted by atomic mass is 32.2. The summed E-state index contributed by atoms with van der Waals surface area (Å²) in [4.78, 5) is 2.74. The summed E-state index contributed by atoms with van der Waals surface area (Å²) in [6.45, 7) is 7.44. The van der Waals surface area contributed by atoms with E-state index in [1.807, 2.05) is 12.1 Å². The molecule has 2 saturated heterocycles. The smallest absolute Gasteiger partial charge is 0.177 e. The van der Waals surface area contributed by atoms with Crippen molar-refractivity contribution in [2.45, 2.75) is 24.3 Å². The average molecular weight is 294 g/mol. The van der Waals surface area contributed by atoms with Crippen molar-refractivity contribution in [3.63, 3.8) is 0 Å². The molecule has 0 aromatic heterocycles. The Kier molecular flexibility index (Phi) is 3.10. The summed E-state index contributed by atoms with van der Waals surface area (Å²) in [5, 5.41) is 3.45. The number of nitrogens with zero attached hydrogens (tertiary/aromatic N) is 1. The molecular formula is C15H22N2O2S. The summed E-state index contributed by atoms with van der Waals surface area (Å²) in [5.74, 6) is 1.19. The zero-order chi connectivity index (χ0) is 14.5. The van der Waals surface area contributed by atoms with E-state index in [1.165, 1.54) is 6.26 Å². The van der Waals surface area contributed by atoms with Crippen molar-refractivity contribution in [1.82, 2.24) is 5.32 Å². The SMILES string of the molecule is CC1(C)C2CNCC2CN1c1ccccc1S(C)(=O)=O. The number of sulfone groups is 1. The fourth-order valence-electron chi connectivity index (χ4n) is 3.82. The zero-order valence-corrected chi connectivity index (χ0v) is 13.1. The fourth-order valence-corrected chi connectivity index (χ4v) is 4.71. The van der Waals surface area contributed by atoms with Crippen LogP contribution in [-0.2, 0) is 9.84 Å². The van der Waals surface area contributed by atoms with Crippen molar-refractivity contribution in [2.75, 3.05) is 30.8 Å². The molecule has 0 aliphatic carbocycles. The summed E-state index contributed by atoms with van der Waals surface area (Å²) < 4.78 is 24.1. The van der Waals surface area contributed by atoms with E-state index >= 15 is 0 Å². The van der Waals surface area contributed by atoms with Gasteiger partial charge in [-0.05, 0) is 37.8 Å². The van der Waals surface area contributed by atoms with Crippen LogP contribution in [0, 0.1) is 11.8 Å². The van der Waals surface area contributed by atoms with Crippen LogP contribution >= 0.6 is 0 Å². The maximum Gasteiger partial charge on any atom is 0.177 e. The molecule has 110 valence electrons. The third kappa shape index (κ3) is 2.04. The minimum atomic E-state index is -3.20. The molecule has 0 bridgehead atoms. The predicted molar refractivity (Wildman–Crippen MR) is 80.8 cm³/mol. The normalized spacial score (nSPS) is 28.6. The molecule has 2 unspecified atom stereocenters. The lowest BCUT2D eigenvalue weighted by atomic mass is 9.85. The van der Waals surface area contributed by atoms with Crippen molar-refractivity contribution in [3.05, 3.63) is 24.3 Å². The lowest BCUT2D eigenvalue weighted by Crippen LogP contribution is -2.45. The molecule has 2 aliphatic rings. The molecule has 1 aromatic carbocycles. The number of benzene rings is 1. The second-order valence-electron chi connectivity index (χ2n) is 6.53. The Balaban J connectivity index is 2.07. The molecule has 2 heterocycles. The highest BCUT2D eigenvalue weighted by molar-refractivity contribution is 7.90. The van der Waals surface area contributed by atoms with E-state index in [2.05, 4.69) is 24.1 Å². The number of para-hydroxylation sites is 1. The van der Waals surface area contributed by atoms with Crippen molar-refractivity contribution in [2.24, 2.45) is 11.8 Å². The lowest BCUT2D eigenvalue weighted by Gasteiger charge is -2.38. The number of hydrogen-bond acceptors (Lipinski definition) is 4. The van der Waals surface area contributed by atoms with Gasteiger partial charge in [-0.1, -0.05) is 12.1 Å². The van der Waals surface area contributed by atoms with Crippen LogP contribution < -0.4 is 10.2 Å². The van der Waals surface area contributed by atoms with Gasteiger partial charge in [0.25, 0.3) is 0 Å². The van der Waals surface area contributed by atoms with Crippen LogP contribution in [-0.4, -0.2) is 39.8 Å². The highest BCUT2D eigenvalue weighted by Gasteiger charge is 2.50. The van der Waals surface area contributed by atoms with Gasteiger partial charge in [0.05, 0.1) is 10.6 Å². The van der Waals surface area contributed by atoms with Gasteiger partial charge < -0.3 is 10.2 Å². The number of rotatable bonds is 2. The van der Waals surface area contributed by atoms with Gasteiger partial charge in [0.15, 0.2) is 9.84 Å². The molecule has 0 saturated carbocycles. The molecule has 4 nitrogen and oxygen atoms in total. The molecule has 1 N–H and O–H groups in total. The third-order valence-electron chi connectivity index (χ3n) is 4.92. The Morgan fingerprint density at radius 2 is 1.95 bits per heavy atom. The molecule has 0 spiro atoms. The van der Waals surface area contributed by atoms with Gasteiger partial charge in [-0.3, -0.25) is 0 Å². The molecule has 20 heavy (non-hydrogen) atoms. The van der Waals surface area contributed by atoms with Crippen molar-refractivity contribution < 1.29 is 8.42 Å². The van der Waals surface area contributed by atoms with Gasteiger partial charge in [-0.2, -0.15) is 0 Å². The summed E-state index contributed by atoms with van der Waals surface area (Å²) in [5.41, 5.74) is 0.837. The number of anilines is 1. The first kappa shape index (κ1) is 13.9. The minimum absolute atomic E-state index is 0.0189. The van der Waals surface area contributed by atoms with Crippen LogP contribution in [0.3, 0.4) is 0 Å². The molecule has 2 fully saturated rings. The monoisotopic (exact) mass is 294 g/mol. The van der Waals surface area contributed by atoms with Crippen LogP contribution in [0.2, 0.25) is 0 Å². The first-order valence-corrected chi connectivity index (χ1v) is 8.98. The quantitative estimate of drug-likeness (QED) is 0.898. The summed E-state index contributed by atoms with van der Waals surface area (Å²) >= 11 is 0. The lowest BCUT2D eigenvalue weighted by molar-refractivity contribution is 0.356. The third-order valence-corrected chi connectivity index (χ3v) is 6.06. The van der Waals surface area contributed by atoms with Crippen LogP contribution in [0.15, 0.2) is 29.2 Å². The average Bonchev–Trinajstić information content (AvgIpc) is 2.91. The first-order valence-electron chi connectivity index (χ1n) is 7.09. The Morgan fingerprint density at radius 3 is 2.60 bits per heavy atom. The zero-order valence-electron chi connectivity index (χ0n) is 12.3. The fraction of sp³-hybridized carbons (Fsp3) is 0.600. The summed E-state index contributed by atoms with van der Waals surface area (Å²) in [7, 11) is -3.20. The molecule has 2 aliphatic heterocycles. The largest absolute Gasteiger partial charge is 0.365 e. The van der Waals surface area contributed by atoms with Crippen molar-refractivity contribution in [1.29, 1.82) is 0 Å². The molecule has 3 rings (SSSR count). The van der Waals surface area contributed by atoms with E-state index in [1.54, 1.807) is 12.1 Å². The number of fused-ring (bicyclic) bond motifs is 1. The topological polar surface area (TPSA) is 49.4 Å². The Labute approximate surface area is 121 Å². The van der Waals surface area contributed by atoms with E-state index in [0.717, 1.165) is 25.3 Å². The second kappa shape index (κ2) is 4.46. The number of nitrogens with one attached hydrogen (secondary N) is 1. The molecule has 0 amide bonds. The first-order chi connectivity index (χ1) is 9.32. The van der Waals surface area contributed by atoms with Gasteiger partial charge >= 0.3 is 0 Å². The Morgan fingerprint density at radius 1 is 1.25 bits per heavy atom. The van der Waals surface area contributed by atoms with Crippen molar-refractivity contribution >= 4 is 15.5 Å². The van der Waals surface area contributed by atoms with Gasteiger partial charge in [-0.15, -0.1) is 0 Å². The standard InChI is InChI=1S/C15H22N2O2S/c1-15(2)12-9-16-8-11(12)10-17(15)13-6-4-5-7-14(13)20(3,18)19/h4-7,11-12,16H,8-10H2,1-3H3. The van der Waals surface area contributed by atoms with E-state index in [-0.39, 0.29) is 5.54 Å². The summed E-state index contributed by atoms with van der Waals surface area (Å²) in [6.07, 6.45) is 1.29. The predicted octanol–water partition coefficient (Wildman–Crippen LogP) is 1.52. The second-order valence-corrected chi connectivity index (χ2v) is 8.51.